The zero-order chi connectivity index (χ0) is 12.7. The molecule has 2 fully saturated rings. The van der Waals surface area contributed by atoms with E-state index in [1.54, 1.807) is 0 Å². The Morgan fingerprint density at radius 2 is 1.94 bits per heavy atom. The first-order valence-corrected chi connectivity index (χ1v) is 5.98. The Balaban J connectivity index is 1.93. The van der Waals surface area contributed by atoms with Gasteiger partial charge in [0.25, 0.3) is 0 Å². The Labute approximate surface area is 97.9 Å². The van der Waals surface area contributed by atoms with Gasteiger partial charge in [-0.2, -0.15) is 13.2 Å². The molecule has 2 aliphatic rings. The summed E-state index contributed by atoms with van der Waals surface area (Å²) in [6, 6.07) is -0.0551. The Kier molecular flexibility index (Phi) is 3.10. The van der Waals surface area contributed by atoms with Crippen molar-refractivity contribution < 1.29 is 18.0 Å². The summed E-state index contributed by atoms with van der Waals surface area (Å²) >= 11 is 0. The molecule has 6 heteroatoms. The Bertz CT molecular complexity index is 312. The van der Waals surface area contributed by atoms with Crippen molar-refractivity contribution in [3.05, 3.63) is 0 Å². The van der Waals surface area contributed by atoms with Gasteiger partial charge < -0.3 is 11.1 Å². The highest BCUT2D eigenvalue weighted by atomic mass is 19.4. The van der Waals surface area contributed by atoms with Gasteiger partial charge in [-0.05, 0) is 32.1 Å². The molecule has 17 heavy (non-hydrogen) atoms. The number of carbonyl (C=O) groups excluding carboxylic acids is 1. The first kappa shape index (κ1) is 12.7. The highest BCUT2D eigenvalue weighted by Gasteiger charge is 2.64. The highest BCUT2D eigenvalue weighted by molar-refractivity contribution is 5.80. The zero-order valence-corrected chi connectivity index (χ0v) is 9.52. The molecule has 0 aliphatic heterocycles. The van der Waals surface area contributed by atoms with Gasteiger partial charge in [-0.15, -0.1) is 0 Å². The van der Waals surface area contributed by atoms with E-state index in [1.165, 1.54) is 0 Å². The van der Waals surface area contributed by atoms with Crippen molar-refractivity contribution in [2.45, 2.75) is 56.3 Å². The predicted octanol–water partition coefficient (Wildman–Crippen LogP) is 1.71. The maximum Gasteiger partial charge on any atom is 0.411 e. The molecule has 1 amide bonds. The second kappa shape index (κ2) is 4.15. The summed E-state index contributed by atoms with van der Waals surface area (Å²) in [5.41, 5.74) is 3.79. The van der Waals surface area contributed by atoms with Crippen LogP contribution in [0, 0.1) is 5.92 Å². The Morgan fingerprint density at radius 3 is 2.41 bits per heavy atom. The van der Waals surface area contributed by atoms with Crippen LogP contribution in [-0.2, 0) is 4.79 Å². The predicted molar refractivity (Wildman–Crippen MR) is 56.1 cm³/mol. The van der Waals surface area contributed by atoms with Gasteiger partial charge in [0.15, 0.2) is 0 Å². The van der Waals surface area contributed by atoms with E-state index in [4.69, 9.17) is 5.73 Å². The number of nitrogens with one attached hydrogen (secondary N) is 1. The van der Waals surface area contributed by atoms with Crippen LogP contribution in [0.1, 0.15) is 38.5 Å². The van der Waals surface area contributed by atoms with Gasteiger partial charge >= 0.3 is 6.18 Å². The minimum Gasteiger partial charge on any atom is -0.342 e. The molecule has 0 aromatic heterocycles. The summed E-state index contributed by atoms with van der Waals surface area (Å²) in [6.07, 6.45) is -1.51. The molecular formula is C11H17F3N2O. The molecule has 0 aromatic rings. The number of carbonyl (C=O) groups is 1. The molecule has 2 saturated carbocycles. The lowest BCUT2D eigenvalue weighted by atomic mass is 9.85. The number of hydrogen-bond donors (Lipinski definition) is 2. The van der Waals surface area contributed by atoms with E-state index in [2.05, 4.69) is 5.32 Å². The summed E-state index contributed by atoms with van der Waals surface area (Å²) in [6.45, 7) is 0. The van der Waals surface area contributed by atoms with Crippen molar-refractivity contribution >= 4 is 5.91 Å². The smallest absolute Gasteiger partial charge is 0.342 e. The van der Waals surface area contributed by atoms with E-state index in [-0.39, 0.29) is 24.8 Å². The molecule has 0 spiro atoms. The fourth-order valence-electron chi connectivity index (χ4n) is 2.41. The van der Waals surface area contributed by atoms with E-state index >= 15 is 0 Å². The number of amides is 1. The van der Waals surface area contributed by atoms with Crippen LogP contribution in [0.3, 0.4) is 0 Å². The lowest BCUT2D eigenvalue weighted by Gasteiger charge is -2.28. The second-order valence-electron chi connectivity index (χ2n) is 5.19. The van der Waals surface area contributed by atoms with E-state index in [9.17, 15) is 18.0 Å². The van der Waals surface area contributed by atoms with Crippen LogP contribution in [0.15, 0.2) is 0 Å². The summed E-state index contributed by atoms with van der Waals surface area (Å²) in [5, 5.41) is 2.18. The third kappa shape index (κ3) is 2.56. The first-order valence-electron chi connectivity index (χ1n) is 5.98. The quantitative estimate of drug-likeness (QED) is 0.784. The number of halogens is 3. The van der Waals surface area contributed by atoms with Crippen molar-refractivity contribution in [1.82, 2.24) is 5.32 Å². The van der Waals surface area contributed by atoms with Crippen molar-refractivity contribution in [3.8, 4) is 0 Å². The average Bonchev–Trinajstić information content (AvgIpc) is 2.98. The van der Waals surface area contributed by atoms with Gasteiger partial charge in [0.2, 0.25) is 5.91 Å². The van der Waals surface area contributed by atoms with Gasteiger partial charge in [0, 0.05) is 12.0 Å². The van der Waals surface area contributed by atoms with Crippen molar-refractivity contribution in [2.75, 3.05) is 0 Å². The summed E-state index contributed by atoms with van der Waals surface area (Å²) in [4.78, 5) is 11.8. The van der Waals surface area contributed by atoms with Gasteiger partial charge in [-0.1, -0.05) is 6.42 Å². The molecular weight excluding hydrogens is 233 g/mol. The third-order valence-electron chi connectivity index (χ3n) is 3.74. The Hall–Kier alpha value is -0.780. The molecule has 0 aromatic carbocycles. The maximum atomic E-state index is 12.7. The molecule has 0 radical (unpaired) electrons. The van der Waals surface area contributed by atoms with Crippen LogP contribution < -0.4 is 11.1 Å². The molecule has 0 bridgehead atoms. The van der Waals surface area contributed by atoms with Gasteiger partial charge in [0.05, 0.1) is 0 Å². The fourth-order valence-corrected chi connectivity index (χ4v) is 2.41. The second-order valence-corrected chi connectivity index (χ2v) is 5.19. The number of hydrogen-bond acceptors (Lipinski definition) is 2. The molecule has 3 N–H and O–H groups in total. The summed E-state index contributed by atoms with van der Waals surface area (Å²) in [7, 11) is 0. The third-order valence-corrected chi connectivity index (χ3v) is 3.74. The van der Waals surface area contributed by atoms with Crippen LogP contribution in [0.25, 0.3) is 0 Å². The van der Waals surface area contributed by atoms with Crippen molar-refractivity contribution in [3.63, 3.8) is 0 Å². The number of rotatable bonds is 2. The van der Waals surface area contributed by atoms with Gasteiger partial charge in [-0.25, -0.2) is 0 Å². The van der Waals surface area contributed by atoms with Crippen LogP contribution >= 0.6 is 0 Å². The van der Waals surface area contributed by atoms with Crippen LogP contribution in [-0.4, -0.2) is 23.7 Å². The zero-order valence-electron chi connectivity index (χ0n) is 9.52. The normalized spacial score (nSPS) is 32.0. The first-order chi connectivity index (χ1) is 7.84. The standard InChI is InChI=1S/C11H17F3N2O/c12-11(13,14)10(4-5-10)16-9(17)7-2-1-3-8(15)6-7/h7-8H,1-6,15H2,(H,16,17). The molecule has 2 unspecified atom stereocenters. The lowest BCUT2D eigenvalue weighted by molar-refractivity contribution is -0.171. The molecule has 0 heterocycles. The van der Waals surface area contributed by atoms with Crippen LogP contribution in [0.4, 0.5) is 13.2 Å². The van der Waals surface area contributed by atoms with Crippen molar-refractivity contribution in [1.29, 1.82) is 0 Å². The molecule has 2 atom stereocenters. The minimum absolute atomic E-state index is 0.00101. The number of alkyl halides is 3. The van der Waals surface area contributed by atoms with E-state index in [0.717, 1.165) is 12.8 Å². The molecule has 2 rings (SSSR count). The molecule has 0 saturated heterocycles. The van der Waals surface area contributed by atoms with E-state index < -0.39 is 17.6 Å². The maximum absolute atomic E-state index is 12.7. The number of nitrogens with two attached hydrogens (primary N) is 1. The van der Waals surface area contributed by atoms with Gasteiger partial charge in [0.1, 0.15) is 5.54 Å². The lowest BCUT2D eigenvalue weighted by Crippen LogP contribution is -2.50. The van der Waals surface area contributed by atoms with E-state index in [0.29, 0.717) is 12.8 Å². The summed E-state index contributed by atoms with van der Waals surface area (Å²) in [5.74, 6) is -0.825. The molecule has 2 aliphatic carbocycles. The highest BCUT2D eigenvalue weighted by Crippen LogP contribution is 2.49. The van der Waals surface area contributed by atoms with E-state index in [1.807, 2.05) is 0 Å². The van der Waals surface area contributed by atoms with Crippen LogP contribution in [0.2, 0.25) is 0 Å². The summed E-state index contributed by atoms with van der Waals surface area (Å²) < 4.78 is 38.0. The molecule has 98 valence electrons. The topological polar surface area (TPSA) is 55.1 Å². The molecule has 3 nitrogen and oxygen atoms in total. The SMILES string of the molecule is NC1CCCC(C(=O)NC2(C(F)(F)F)CC2)C1. The average molecular weight is 250 g/mol. The largest absolute Gasteiger partial charge is 0.411 e. The monoisotopic (exact) mass is 250 g/mol. The van der Waals surface area contributed by atoms with Gasteiger partial charge in [-0.3, -0.25) is 4.79 Å². The Morgan fingerprint density at radius 1 is 1.29 bits per heavy atom. The fraction of sp³-hybridized carbons (Fsp3) is 0.909. The minimum atomic E-state index is -4.33. The van der Waals surface area contributed by atoms with Crippen LogP contribution in [0.5, 0.6) is 0 Å². The van der Waals surface area contributed by atoms with Crippen molar-refractivity contribution in [2.24, 2.45) is 11.7 Å².